The first-order valence-electron chi connectivity index (χ1n) is 5.20. The Balaban J connectivity index is 2.92. The van der Waals surface area contributed by atoms with Gasteiger partial charge in [0.2, 0.25) is 0 Å². The predicted molar refractivity (Wildman–Crippen MR) is 66.0 cm³/mol. The monoisotopic (exact) mass is 325 g/mol. The van der Waals surface area contributed by atoms with E-state index in [0.717, 1.165) is 24.5 Å². The van der Waals surface area contributed by atoms with Crippen molar-refractivity contribution in [1.82, 2.24) is 0 Å². The lowest BCUT2D eigenvalue weighted by Crippen LogP contribution is -2.26. The van der Waals surface area contributed by atoms with Gasteiger partial charge in [-0.25, -0.2) is 8.42 Å². The lowest BCUT2D eigenvalue weighted by molar-refractivity contribution is -0.153. The van der Waals surface area contributed by atoms with Crippen LogP contribution in [0.1, 0.15) is 0 Å². The van der Waals surface area contributed by atoms with Crippen molar-refractivity contribution in [3.8, 4) is 6.07 Å². The van der Waals surface area contributed by atoms with Gasteiger partial charge in [-0.15, -0.1) is 0 Å². The third-order valence-electron chi connectivity index (χ3n) is 2.38. The zero-order chi connectivity index (χ0) is 15.6. The molecule has 0 bridgehead atoms. The number of rotatable bonds is 4. The SMILES string of the molecule is CS(=O)(=O)c1ccc(S(=O)CC(C#N)C(F)(F)F)cc1. The van der Waals surface area contributed by atoms with Crippen LogP contribution in [-0.2, 0) is 20.6 Å². The quantitative estimate of drug-likeness (QED) is 0.847. The second kappa shape index (κ2) is 5.93. The largest absolute Gasteiger partial charge is 0.405 e. The molecule has 1 aromatic carbocycles. The molecular formula is C11H10F3NO3S2. The summed E-state index contributed by atoms with van der Waals surface area (Å²) in [5.74, 6) is -3.20. The zero-order valence-corrected chi connectivity index (χ0v) is 11.8. The molecule has 2 atom stereocenters. The first kappa shape index (κ1) is 16.7. The molecule has 0 radical (unpaired) electrons. The molecule has 0 N–H and O–H groups in total. The van der Waals surface area contributed by atoms with Crippen LogP contribution in [0.3, 0.4) is 0 Å². The van der Waals surface area contributed by atoms with Gasteiger partial charge < -0.3 is 0 Å². The lowest BCUT2D eigenvalue weighted by Gasteiger charge is -2.12. The van der Waals surface area contributed by atoms with Gasteiger partial charge in [-0.3, -0.25) is 4.21 Å². The minimum atomic E-state index is -4.74. The Morgan fingerprint density at radius 2 is 1.80 bits per heavy atom. The smallest absolute Gasteiger partial charge is 0.254 e. The van der Waals surface area contributed by atoms with E-state index in [-0.39, 0.29) is 9.79 Å². The fraction of sp³-hybridized carbons (Fsp3) is 0.364. The number of nitriles is 1. The van der Waals surface area contributed by atoms with Crippen LogP contribution in [0.15, 0.2) is 34.1 Å². The molecule has 0 aliphatic heterocycles. The van der Waals surface area contributed by atoms with Gasteiger partial charge in [0.05, 0.1) is 27.5 Å². The van der Waals surface area contributed by atoms with Crippen LogP contribution in [-0.4, -0.2) is 30.8 Å². The highest BCUT2D eigenvalue weighted by molar-refractivity contribution is 7.90. The van der Waals surface area contributed by atoms with Crippen LogP contribution in [0.5, 0.6) is 0 Å². The summed E-state index contributed by atoms with van der Waals surface area (Å²) in [6, 6.07) is 5.75. The van der Waals surface area contributed by atoms with Gasteiger partial charge in [0.15, 0.2) is 15.8 Å². The molecule has 0 fully saturated rings. The highest BCUT2D eigenvalue weighted by Crippen LogP contribution is 2.27. The van der Waals surface area contributed by atoms with E-state index in [1.807, 2.05) is 0 Å². The molecule has 0 spiro atoms. The summed E-state index contributed by atoms with van der Waals surface area (Å²) in [7, 11) is -5.46. The van der Waals surface area contributed by atoms with Crippen molar-refractivity contribution in [3.05, 3.63) is 24.3 Å². The second-order valence-corrected chi connectivity index (χ2v) is 7.49. The summed E-state index contributed by atoms with van der Waals surface area (Å²) in [4.78, 5) is 0.0211. The van der Waals surface area contributed by atoms with Gasteiger partial charge in [0.25, 0.3) is 0 Å². The van der Waals surface area contributed by atoms with Crippen molar-refractivity contribution >= 4 is 20.6 Å². The second-order valence-electron chi connectivity index (χ2n) is 3.98. The van der Waals surface area contributed by atoms with E-state index >= 15 is 0 Å². The number of benzene rings is 1. The summed E-state index contributed by atoms with van der Waals surface area (Å²) < 4.78 is 71.3. The highest BCUT2D eigenvalue weighted by atomic mass is 32.2. The molecule has 9 heteroatoms. The van der Waals surface area contributed by atoms with Gasteiger partial charge in [0, 0.05) is 11.2 Å². The average Bonchev–Trinajstić information content (AvgIpc) is 2.33. The molecule has 2 unspecified atom stereocenters. The fourth-order valence-corrected chi connectivity index (χ4v) is 3.12. The van der Waals surface area contributed by atoms with E-state index in [1.54, 1.807) is 0 Å². The Bertz CT molecular complexity index is 645. The average molecular weight is 325 g/mol. The lowest BCUT2D eigenvalue weighted by atomic mass is 10.2. The standard InChI is InChI=1S/C11H10F3NO3S2/c1-20(17,18)10-4-2-9(3-5-10)19(16)7-8(6-15)11(12,13)14/h2-5,8H,7H2,1H3. The molecular weight excluding hydrogens is 315 g/mol. The summed E-state index contributed by atoms with van der Waals surface area (Å²) in [5, 5.41) is 8.42. The van der Waals surface area contributed by atoms with E-state index in [9.17, 15) is 25.8 Å². The Hall–Kier alpha value is -1.40. The molecule has 0 amide bonds. The fourth-order valence-electron chi connectivity index (χ4n) is 1.29. The minimum absolute atomic E-state index is 0.0223. The van der Waals surface area contributed by atoms with Crippen molar-refractivity contribution < 1.29 is 25.8 Å². The van der Waals surface area contributed by atoms with E-state index in [4.69, 9.17) is 5.26 Å². The third-order valence-corrected chi connectivity index (χ3v) is 4.95. The van der Waals surface area contributed by atoms with Crippen LogP contribution in [0, 0.1) is 17.2 Å². The van der Waals surface area contributed by atoms with Crippen molar-refractivity contribution in [1.29, 1.82) is 5.26 Å². The molecule has 0 aliphatic rings. The van der Waals surface area contributed by atoms with Crippen LogP contribution >= 0.6 is 0 Å². The van der Waals surface area contributed by atoms with E-state index in [1.165, 1.54) is 12.1 Å². The zero-order valence-electron chi connectivity index (χ0n) is 10.2. The van der Waals surface area contributed by atoms with Crippen LogP contribution in [0.25, 0.3) is 0 Å². The maximum Gasteiger partial charge on any atom is 0.405 e. The summed E-state index contributed by atoms with van der Waals surface area (Å²) in [6.07, 6.45) is -3.76. The Kier molecular flexibility index (Phi) is 4.94. The van der Waals surface area contributed by atoms with Gasteiger partial charge in [-0.05, 0) is 24.3 Å². The maximum atomic E-state index is 12.4. The minimum Gasteiger partial charge on any atom is -0.254 e. The van der Waals surface area contributed by atoms with Crippen molar-refractivity contribution in [3.63, 3.8) is 0 Å². The Morgan fingerprint density at radius 3 is 2.15 bits per heavy atom. The van der Waals surface area contributed by atoms with Gasteiger partial charge in [-0.2, -0.15) is 18.4 Å². The molecule has 1 aromatic rings. The highest BCUT2D eigenvalue weighted by Gasteiger charge is 2.41. The molecule has 0 heterocycles. The Morgan fingerprint density at radius 1 is 1.30 bits per heavy atom. The topological polar surface area (TPSA) is 75.0 Å². The summed E-state index contributed by atoms with van der Waals surface area (Å²) in [6.45, 7) is 0. The van der Waals surface area contributed by atoms with Gasteiger partial charge >= 0.3 is 6.18 Å². The normalized spacial score (nSPS) is 15.3. The van der Waals surface area contributed by atoms with Crippen LogP contribution < -0.4 is 0 Å². The number of alkyl halides is 3. The molecule has 0 aliphatic carbocycles. The van der Waals surface area contributed by atoms with E-state index < -0.39 is 38.5 Å². The molecule has 0 saturated heterocycles. The Labute approximate surface area is 116 Å². The van der Waals surface area contributed by atoms with E-state index in [0.29, 0.717) is 0 Å². The molecule has 110 valence electrons. The van der Waals surface area contributed by atoms with Gasteiger partial charge in [0.1, 0.15) is 0 Å². The number of hydrogen-bond donors (Lipinski definition) is 0. The van der Waals surface area contributed by atoms with E-state index in [2.05, 4.69) is 0 Å². The summed E-state index contributed by atoms with van der Waals surface area (Å²) >= 11 is 0. The van der Waals surface area contributed by atoms with Crippen molar-refractivity contribution in [2.24, 2.45) is 5.92 Å². The maximum absolute atomic E-state index is 12.4. The molecule has 0 aromatic heterocycles. The molecule has 1 rings (SSSR count). The van der Waals surface area contributed by atoms with Crippen LogP contribution in [0.2, 0.25) is 0 Å². The predicted octanol–water partition coefficient (Wildman–Crippen LogP) is 1.90. The van der Waals surface area contributed by atoms with Gasteiger partial charge in [-0.1, -0.05) is 0 Å². The van der Waals surface area contributed by atoms with Crippen molar-refractivity contribution in [2.45, 2.75) is 16.0 Å². The first-order valence-corrected chi connectivity index (χ1v) is 8.41. The number of sulfone groups is 1. The molecule has 4 nitrogen and oxygen atoms in total. The summed E-state index contributed by atoms with van der Waals surface area (Å²) in [5.41, 5.74) is 0. The number of halogens is 3. The number of hydrogen-bond acceptors (Lipinski definition) is 4. The number of nitrogens with zero attached hydrogens (tertiary/aromatic N) is 1. The molecule has 0 saturated carbocycles. The van der Waals surface area contributed by atoms with Crippen molar-refractivity contribution in [2.75, 3.05) is 12.0 Å². The third kappa shape index (κ3) is 4.31. The van der Waals surface area contributed by atoms with Crippen LogP contribution in [0.4, 0.5) is 13.2 Å². The first-order chi connectivity index (χ1) is 9.05. The molecule has 20 heavy (non-hydrogen) atoms.